The molecule has 2 unspecified atom stereocenters. The molecule has 0 aromatic heterocycles. The van der Waals surface area contributed by atoms with Gasteiger partial charge in [0.25, 0.3) is 0 Å². The number of likely N-dealkylation sites (N-methyl/N-ethyl adjacent to an activating group) is 2. The van der Waals surface area contributed by atoms with Crippen molar-refractivity contribution < 1.29 is 0 Å². The second-order valence-electron chi connectivity index (χ2n) is 4.02. The summed E-state index contributed by atoms with van der Waals surface area (Å²) in [6.45, 7) is 7.55. The van der Waals surface area contributed by atoms with Gasteiger partial charge in [0.15, 0.2) is 5.96 Å². The molecular weight excluding hydrogens is 202 g/mol. The molecule has 0 radical (unpaired) electrons. The van der Waals surface area contributed by atoms with Gasteiger partial charge in [-0.05, 0) is 28.2 Å². The fourth-order valence-electron chi connectivity index (χ4n) is 1.59. The first-order chi connectivity index (χ1) is 7.36. The third kappa shape index (κ3) is 3.36. The highest BCUT2D eigenvalue weighted by atomic mass is 15.5. The van der Waals surface area contributed by atoms with E-state index in [9.17, 15) is 0 Å². The summed E-state index contributed by atoms with van der Waals surface area (Å²) in [4.78, 5) is 5.61. The lowest BCUT2D eigenvalue weighted by atomic mass is 10.3. The third-order valence-electron chi connectivity index (χ3n) is 2.33. The Kier molecular flexibility index (Phi) is 5.77. The molecule has 0 aliphatic carbocycles. The van der Waals surface area contributed by atoms with Gasteiger partial charge in [-0.25, -0.2) is 0 Å². The summed E-state index contributed by atoms with van der Waals surface area (Å²) in [5, 5.41) is 7.66. The van der Waals surface area contributed by atoms with Gasteiger partial charge >= 0.3 is 0 Å². The van der Waals surface area contributed by atoms with Crippen LogP contribution >= 0.6 is 0 Å². The van der Waals surface area contributed by atoms with Crippen LogP contribution in [0.5, 0.6) is 0 Å². The maximum Gasteiger partial charge on any atom is 0.191 e. The van der Waals surface area contributed by atoms with Crippen LogP contribution in [-0.2, 0) is 0 Å². The van der Waals surface area contributed by atoms with Gasteiger partial charge in [0.05, 0.1) is 0 Å². The molecule has 5 nitrogen and oxygen atoms in total. The van der Waals surface area contributed by atoms with Crippen molar-refractivity contribution >= 4 is 5.96 Å². The van der Waals surface area contributed by atoms with Crippen LogP contribution in [-0.4, -0.2) is 61.2 Å². The van der Waals surface area contributed by atoms with E-state index in [0.29, 0.717) is 0 Å². The topological polar surface area (TPSA) is 59.6 Å². The Balaban J connectivity index is 5.18. The molecule has 0 heterocycles. The number of nitrogens with zero attached hydrogens (tertiary/aromatic N) is 3. The summed E-state index contributed by atoms with van der Waals surface area (Å²) >= 11 is 0. The number of guanidine groups is 1. The summed E-state index contributed by atoms with van der Waals surface area (Å²) in [6, 6.07) is 0. The van der Waals surface area contributed by atoms with Crippen molar-refractivity contribution in [2.45, 2.75) is 12.3 Å². The van der Waals surface area contributed by atoms with Crippen molar-refractivity contribution in [3.8, 4) is 0 Å². The zero-order valence-electron chi connectivity index (χ0n) is 10.6. The van der Waals surface area contributed by atoms with Crippen LogP contribution in [0.3, 0.4) is 0 Å². The van der Waals surface area contributed by atoms with E-state index in [2.05, 4.69) is 13.2 Å². The van der Waals surface area contributed by atoms with E-state index in [4.69, 9.17) is 11.1 Å². The minimum Gasteiger partial charge on any atom is -0.370 e. The molecule has 0 bridgehead atoms. The molecule has 16 heavy (non-hydrogen) atoms. The van der Waals surface area contributed by atoms with Crippen LogP contribution < -0.4 is 5.73 Å². The molecule has 0 saturated heterocycles. The van der Waals surface area contributed by atoms with Gasteiger partial charge in [0, 0.05) is 0 Å². The maximum atomic E-state index is 7.66. The van der Waals surface area contributed by atoms with Gasteiger partial charge in [-0.15, -0.1) is 0 Å². The molecule has 0 aromatic carbocycles. The van der Waals surface area contributed by atoms with Crippen LogP contribution in [0.2, 0.25) is 0 Å². The van der Waals surface area contributed by atoms with Crippen LogP contribution in [0.15, 0.2) is 25.3 Å². The van der Waals surface area contributed by atoms with E-state index in [1.54, 1.807) is 17.1 Å². The standard InChI is InChI=1S/C11H23N5/c1-7-9(14(3)4)16(11(12)13)10(8-2)15(5)6/h7-10H,1-2H2,3-6H3,(H3,12,13). The van der Waals surface area contributed by atoms with Crippen molar-refractivity contribution in [2.75, 3.05) is 28.2 Å². The van der Waals surface area contributed by atoms with E-state index in [1.807, 2.05) is 38.0 Å². The molecule has 3 N–H and O–H groups in total. The highest BCUT2D eigenvalue weighted by molar-refractivity contribution is 5.75. The predicted molar refractivity (Wildman–Crippen MR) is 69.1 cm³/mol. The average Bonchev–Trinajstić information content (AvgIpc) is 2.16. The van der Waals surface area contributed by atoms with Gasteiger partial charge in [-0.1, -0.05) is 25.3 Å². The largest absolute Gasteiger partial charge is 0.370 e. The molecule has 0 aromatic rings. The first kappa shape index (κ1) is 14.7. The van der Waals surface area contributed by atoms with Crippen molar-refractivity contribution in [1.82, 2.24) is 14.7 Å². The quantitative estimate of drug-likeness (QED) is 0.296. The summed E-state index contributed by atoms with van der Waals surface area (Å²) < 4.78 is 0. The number of hydrogen-bond donors (Lipinski definition) is 2. The van der Waals surface area contributed by atoms with Crippen LogP contribution in [0.25, 0.3) is 0 Å². The first-order valence-corrected chi connectivity index (χ1v) is 5.07. The summed E-state index contributed by atoms with van der Waals surface area (Å²) in [6.07, 6.45) is 3.23. The number of rotatable bonds is 6. The van der Waals surface area contributed by atoms with Crippen molar-refractivity contribution in [2.24, 2.45) is 5.73 Å². The van der Waals surface area contributed by atoms with Gasteiger partial charge in [-0.3, -0.25) is 15.2 Å². The Bertz CT molecular complexity index is 239. The van der Waals surface area contributed by atoms with Crippen LogP contribution in [0.1, 0.15) is 0 Å². The Hall–Kier alpha value is -1.33. The molecule has 0 saturated carbocycles. The Morgan fingerprint density at radius 1 is 1.06 bits per heavy atom. The number of hydrogen-bond acceptors (Lipinski definition) is 3. The summed E-state index contributed by atoms with van der Waals surface area (Å²) in [7, 11) is 7.66. The van der Waals surface area contributed by atoms with E-state index >= 15 is 0 Å². The maximum absolute atomic E-state index is 7.66. The van der Waals surface area contributed by atoms with E-state index in [-0.39, 0.29) is 18.3 Å². The lowest BCUT2D eigenvalue weighted by Crippen LogP contribution is -2.57. The molecule has 0 rings (SSSR count). The fourth-order valence-corrected chi connectivity index (χ4v) is 1.59. The first-order valence-electron chi connectivity index (χ1n) is 5.07. The SMILES string of the molecule is C=CC(N(C)C)N(C(=N)N)C(C=C)N(C)C. The number of nitrogens with one attached hydrogen (secondary N) is 1. The van der Waals surface area contributed by atoms with Crippen molar-refractivity contribution in [1.29, 1.82) is 5.41 Å². The molecule has 5 heteroatoms. The van der Waals surface area contributed by atoms with Crippen molar-refractivity contribution in [3.63, 3.8) is 0 Å². The summed E-state index contributed by atoms with van der Waals surface area (Å²) in [5.74, 6) is -0.00259. The molecule has 0 spiro atoms. The fraction of sp³-hybridized carbons (Fsp3) is 0.545. The monoisotopic (exact) mass is 225 g/mol. The highest BCUT2D eigenvalue weighted by Crippen LogP contribution is 2.11. The lowest BCUT2D eigenvalue weighted by Gasteiger charge is -2.41. The second kappa shape index (κ2) is 6.30. The Morgan fingerprint density at radius 2 is 1.38 bits per heavy atom. The van der Waals surface area contributed by atoms with Gasteiger partial charge in [0.1, 0.15) is 12.3 Å². The molecular formula is C11H23N5. The van der Waals surface area contributed by atoms with Gasteiger partial charge in [-0.2, -0.15) is 0 Å². The minimum atomic E-state index is -0.136. The molecule has 92 valence electrons. The Morgan fingerprint density at radius 3 is 1.50 bits per heavy atom. The predicted octanol–water partition coefficient (Wildman–Crippen LogP) is 0.329. The average molecular weight is 225 g/mol. The number of nitrogens with two attached hydrogens (primary N) is 1. The second-order valence-corrected chi connectivity index (χ2v) is 4.02. The molecule has 0 aliphatic heterocycles. The molecule has 0 amide bonds. The summed E-state index contributed by atoms with van der Waals surface area (Å²) in [5.41, 5.74) is 5.63. The van der Waals surface area contributed by atoms with Gasteiger partial charge < -0.3 is 10.6 Å². The lowest BCUT2D eigenvalue weighted by molar-refractivity contribution is 0.0936. The van der Waals surface area contributed by atoms with Gasteiger partial charge in [0.2, 0.25) is 0 Å². The molecule has 0 aliphatic rings. The van der Waals surface area contributed by atoms with Crippen LogP contribution in [0.4, 0.5) is 0 Å². The minimum absolute atomic E-state index is 0.00259. The smallest absolute Gasteiger partial charge is 0.191 e. The zero-order chi connectivity index (χ0) is 12.9. The normalized spacial score (nSPS) is 14.6. The third-order valence-corrected chi connectivity index (χ3v) is 2.33. The molecule has 2 atom stereocenters. The van der Waals surface area contributed by atoms with E-state index in [1.165, 1.54) is 0 Å². The van der Waals surface area contributed by atoms with Crippen LogP contribution in [0, 0.1) is 5.41 Å². The molecule has 0 fully saturated rings. The van der Waals surface area contributed by atoms with E-state index < -0.39 is 0 Å². The van der Waals surface area contributed by atoms with Crippen molar-refractivity contribution in [3.05, 3.63) is 25.3 Å². The zero-order valence-corrected chi connectivity index (χ0v) is 10.6. The Labute approximate surface area is 98.3 Å². The highest BCUT2D eigenvalue weighted by Gasteiger charge is 2.26. The van der Waals surface area contributed by atoms with E-state index in [0.717, 1.165) is 0 Å².